The Morgan fingerprint density at radius 3 is 2.32 bits per heavy atom. The highest BCUT2D eigenvalue weighted by Crippen LogP contribution is 2.06. The molecule has 0 saturated carbocycles. The summed E-state index contributed by atoms with van der Waals surface area (Å²) in [5.41, 5.74) is 6.28. The van der Waals surface area contributed by atoms with Crippen LogP contribution in [0.5, 0.6) is 0 Å². The fourth-order valence-corrected chi connectivity index (χ4v) is 2.52. The highest BCUT2D eigenvalue weighted by Gasteiger charge is 2.28. The maximum atomic E-state index is 12.3. The molecule has 0 spiro atoms. The Morgan fingerprint density at radius 1 is 1.13 bits per heavy atom. The number of nitrogens with zero attached hydrogens (tertiary/aromatic N) is 1. The van der Waals surface area contributed by atoms with Gasteiger partial charge in [-0.15, -0.1) is 0 Å². The van der Waals surface area contributed by atoms with Gasteiger partial charge in [-0.3, -0.25) is 19.2 Å². The van der Waals surface area contributed by atoms with Crippen LogP contribution in [0.2, 0.25) is 0 Å². The van der Waals surface area contributed by atoms with Crippen LogP contribution < -0.4 is 21.7 Å². The van der Waals surface area contributed by atoms with Gasteiger partial charge in [0, 0.05) is 18.3 Å². The Kier molecular flexibility index (Phi) is 10.1. The molecule has 0 bridgehead atoms. The number of aromatic amines is 1. The zero-order valence-corrected chi connectivity index (χ0v) is 17.3. The van der Waals surface area contributed by atoms with E-state index in [1.807, 2.05) is 6.92 Å². The Hall–Kier alpha value is -3.48. The first kappa shape index (κ1) is 25.6. The zero-order valence-electron chi connectivity index (χ0n) is 17.3. The molecule has 0 aliphatic carbocycles. The van der Waals surface area contributed by atoms with E-state index in [1.165, 1.54) is 12.5 Å². The molecule has 31 heavy (non-hydrogen) atoms. The standard InChI is InChI=1S/C18H28N6O7/c1-3-9(2)15(19)17(29)24-11(5-14(26)27)16(28)21-7-13(25)23-12(18(30)31)4-10-6-20-8-22-10/h6,8-9,11-12,15H,3-5,7,19H2,1-2H3,(H,20,22)(H,21,28)(H,23,25)(H,24,29)(H,26,27)(H,30,31). The van der Waals surface area contributed by atoms with Crippen molar-refractivity contribution in [2.75, 3.05) is 6.54 Å². The number of nitrogens with two attached hydrogens (primary N) is 1. The Bertz CT molecular complexity index is 782. The molecule has 1 rings (SSSR count). The van der Waals surface area contributed by atoms with Gasteiger partial charge < -0.3 is 36.9 Å². The molecule has 0 radical (unpaired) electrons. The number of aromatic nitrogens is 2. The number of carboxylic acid groups (broad SMARTS) is 2. The molecule has 1 heterocycles. The van der Waals surface area contributed by atoms with Crippen molar-refractivity contribution in [2.24, 2.45) is 11.7 Å². The summed E-state index contributed by atoms with van der Waals surface area (Å²) in [4.78, 5) is 65.4. The van der Waals surface area contributed by atoms with Gasteiger partial charge in [0.2, 0.25) is 17.7 Å². The molecule has 1 aromatic rings. The minimum atomic E-state index is -1.45. The van der Waals surface area contributed by atoms with Crippen molar-refractivity contribution < 1.29 is 34.2 Å². The van der Waals surface area contributed by atoms with Crippen molar-refractivity contribution in [3.8, 4) is 0 Å². The second-order valence-electron chi connectivity index (χ2n) is 7.03. The molecule has 0 aliphatic heterocycles. The van der Waals surface area contributed by atoms with E-state index in [-0.39, 0.29) is 12.3 Å². The van der Waals surface area contributed by atoms with Gasteiger partial charge in [0.15, 0.2) is 0 Å². The summed E-state index contributed by atoms with van der Waals surface area (Å²) in [7, 11) is 0. The highest BCUT2D eigenvalue weighted by molar-refractivity contribution is 5.94. The molecular formula is C18H28N6O7. The van der Waals surface area contributed by atoms with Gasteiger partial charge in [0.05, 0.1) is 25.3 Å². The first-order valence-corrected chi connectivity index (χ1v) is 9.60. The molecule has 0 saturated heterocycles. The van der Waals surface area contributed by atoms with Crippen LogP contribution in [-0.2, 0) is 30.4 Å². The summed E-state index contributed by atoms with van der Waals surface area (Å²) in [6.45, 7) is 2.95. The first-order chi connectivity index (χ1) is 14.5. The van der Waals surface area contributed by atoms with Crippen molar-refractivity contribution in [2.45, 2.75) is 51.2 Å². The number of nitrogens with one attached hydrogen (secondary N) is 4. The Labute approximate surface area is 178 Å². The fourth-order valence-electron chi connectivity index (χ4n) is 2.52. The van der Waals surface area contributed by atoms with Crippen molar-refractivity contribution in [1.29, 1.82) is 0 Å². The summed E-state index contributed by atoms with van der Waals surface area (Å²) in [5.74, 6) is -5.23. The normalized spacial score (nSPS) is 14.5. The second-order valence-corrected chi connectivity index (χ2v) is 7.03. The molecule has 8 N–H and O–H groups in total. The summed E-state index contributed by atoms with van der Waals surface area (Å²) < 4.78 is 0. The van der Waals surface area contributed by atoms with E-state index in [9.17, 15) is 29.1 Å². The molecule has 13 nitrogen and oxygen atoms in total. The van der Waals surface area contributed by atoms with Gasteiger partial charge in [-0.05, 0) is 5.92 Å². The van der Waals surface area contributed by atoms with E-state index in [0.717, 1.165) is 0 Å². The van der Waals surface area contributed by atoms with E-state index in [1.54, 1.807) is 6.92 Å². The van der Waals surface area contributed by atoms with Crippen LogP contribution in [0.25, 0.3) is 0 Å². The molecular weight excluding hydrogens is 412 g/mol. The third-order valence-corrected chi connectivity index (χ3v) is 4.61. The lowest BCUT2D eigenvalue weighted by Crippen LogP contribution is -2.55. The summed E-state index contributed by atoms with van der Waals surface area (Å²) in [6.07, 6.45) is 2.60. The van der Waals surface area contributed by atoms with Crippen LogP contribution in [0.15, 0.2) is 12.5 Å². The number of imidazole rings is 1. The minimum absolute atomic E-state index is 0.0553. The summed E-state index contributed by atoms with van der Waals surface area (Å²) in [6, 6.07) is -3.66. The number of amides is 3. The average molecular weight is 440 g/mol. The molecule has 3 amide bonds. The smallest absolute Gasteiger partial charge is 0.326 e. The number of hydrogen-bond donors (Lipinski definition) is 7. The van der Waals surface area contributed by atoms with Gasteiger partial charge in [-0.1, -0.05) is 20.3 Å². The maximum absolute atomic E-state index is 12.3. The number of H-pyrrole nitrogens is 1. The van der Waals surface area contributed by atoms with Crippen molar-refractivity contribution in [3.63, 3.8) is 0 Å². The zero-order chi connectivity index (χ0) is 23.6. The third-order valence-electron chi connectivity index (χ3n) is 4.61. The molecule has 4 unspecified atom stereocenters. The quantitative estimate of drug-likeness (QED) is 0.180. The molecule has 13 heteroatoms. The lowest BCUT2D eigenvalue weighted by Gasteiger charge is -2.22. The van der Waals surface area contributed by atoms with Gasteiger partial charge in [0.25, 0.3) is 0 Å². The van der Waals surface area contributed by atoms with E-state index < -0.39 is 60.8 Å². The largest absolute Gasteiger partial charge is 0.481 e. The van der Waals surface area contributed by atoms with Gasteiger partial charge in [-0.25, -0.2) is 9.78 Å². The molecule has 172 valence electrons. The number of carbonyl (C=O) groups excluding carboxylic acids is 3. The van der Waals surface area contributed by atoms with Gasteiger partial charge in [0.1, 0.15) is 12.1 Å². The lowest BCUT2D eigenvalue weighted by molar-refractivity contribution is -0.142. The van der Waals surface area contributed by atoms with Crippen LogP contribution in [-0.4, -0.2) is 74.5 Å². The van der Waals surface area contributed by atoms with Crippen LogP contribution in [0.1, 0.15) is 32.4 Å². The number of aliphatic carboxylic acids is 2. The number of carboxylic acids is 2. The molecule has 4 atom stereocenters. The van der Waals surface area contributed by atoms with E-state index in [4.69, 9.17) is 10.8 Å². The average Bonchev–Trinajstić information content (AvgIpc) is 3.22. The maximum Gasteiger partial charge on any atom is 0.326 e. The first-order valence-electron chi connectivity index (χ1n) is 9.60. The number of carbonyl (C=O) groups is 5. The number of hydrogen-bond acceptors (Lipinski definition) is 7. The molecule has 0 aliphatic rings. The summed E-state index contributed by atoms with van der Waals surface area (Å²) in [5, 5.41) is 25.0. The van der Waals surface area contributed by atoms with Crippen LogP contribution in [0.3, 0.4) is 0 Å². The second kappa shape index (κ2) is 12.3. The SMILES string of the molecule is CCC(C)C(N)C(=O)NC(CC(=O)O)C(=O)NCC(=O)NC(Cc1cnc[nH]1)C(=O)O. The van der Waals surface area contributed by atoms with E-state index in [2.05, 4.69) is 25.9 Å². The van der Waals surface area contributed by atoms with Crippen LogP contribution in [0.4, 0.5) is 0 Å². The predicted molar refractivity (Wildman–Crippen MR) is 106 cm³/mol. The van der Waals surface area contributed by atoms with E-state index >= 15 is 0 Å². The highest BCUT2D eigenvalue weighted by atomic mass is 16.4. The van der Waals surface area contributed by atoms with Crippen molar-refractivity contribution >= 4 is 29.7 Å². The monoisotopic (exact) mass is 440 g/mol. The van der Waals surface area contributed by atoms with Crippen LogP contribution >= 0.6 is 0 Å². The molecule has 0 aromatic carbocycles. The number of rotatable bonds is 13. The Morgan fingerprint density at radius 2 is 1.81 bits per heavy atom. The fraction of sp³-hybridized carbons (Fsp3) is 0.556. The van der Waals surface area contributed by atoms with Gasteiger partial charge in [-0.2, -0.15) is 0 Å². The van der Waals surface area contributed by atoms with E-state index in [0.29, 0.717) is 12.1 Å². The topological polar surface area (TPSA) is 217 Å². The van der Waals surface area contributed by atoms with Crippen molar-refractivity contribution in [1.82, 2.24) is 25.9 Å². The third kappa shape index (κ3) is 8.82. The van der Waals surface area contributed by atoms with Crippen LogP contribution in [0, 0.1) is 5.92 Å². The lowest BCUT2D eigenvalue weighted by atomic mass is 9.99. The Balaban J connectivity index is 2.66. The van der Waals surface area contributed by atoms with Crippen molar-refractivity contribution in [3.05, 3.63) is 18.2 Å². The predicted octanol–water partition coefficient (Wildman–Crippen LogP) is -2.03. The van der Waals surface area contributed by atoms with Gasteiger partial charge >= 0.3 is 11.9 Å². The molecule has 1 aromatic heterocycles. The summed E-state index contributed by atoms with van der Waals surface area (Å²) >= 11 is 0. The molecule has 0 fully saturated rings. The minimum Gasteiger partial charge on any atom is -0.481 e.